The van der Waals surface area contributed by atoms with Gasteiger partial charge >= 0.3 is 12.2 Å². The first-order valence-electron chi connectivity index (χ1n) is 10.3. The van der Waals surface area contributed by atoms with E-state index >= 15 is 0 Å². The monoisotopic (exact) mass is 455 g/mol. The van der Waals surface area contributed by atoms with Crippen LogP contribution in [0.2, 0.25) is 0 Å². The molecule has 0 aliphatic carbocycles. The molecule has 33 heavy (non-hydrogen) atoms. The Hall–Kier alpha value is -3.81. The second-order valence-electron chi connectivity index (χ2n) is 7.39. The number of hydrogen-bond donors (Lipinski definition) is 0. The van der Waals surface area contributed by atoms with Crippen molar-refractivity contribution < 1.29 is 22.8 Å². The number of carbonyl (C=O) groups is 2. The summed E-state index contributed by atoms with van der Waals surface area (Å²) in [7, 11) is 1.56. The lowest BCUT2D eigenvalue weighted by atomic mass is 10.1. The lowest BCUT2D eigenvalue weighted by Gasteiger charge is -2.32. The Morgan fingerprint density at radius 1 is 0.909 bits per heavy atom. The molecule has 0 aliphatic heterocycles. The van der Waals surface area contributed by atoms with Crippen molar-refractivity contribution >= 4 is 35.2 Å². The minimum atomic E-state index is -4.63. The number of benzene rings is 3. The van der Waals surface area contributed by atoms with Crippen LogP contribution in [0.1, 0.15) is 18.1 Å². The molecule has 8 heteroatoms. The Kier molecular flexibility index (Phi) is 7.06. The maximum atomic E-state index is 13.8. The summed E-state index contributed by atoms with van der Waals surface area (Å²) in [6.45, 7) is 3.75. The van der Waals surface area contributed by atoms with Gasteiger partial charge in [-0.15, -0.1) is 0 Å². The van der Waals surface area contributed by atoms with E-state index in [2.05, 4.69) is 0 Å². The predicted octanol–water partition coefficient (Wildman–Crippen LogP) is 6.39. The second kappa shape index (κ2) is 9.77. The molecule has 0 spiro atoms. The van der Waals surface area contributed by atoms with Gasteiger partial charge in [0.2, 0.25) is 6.41 Å². The Morgan fingerprint density at radius 3 is 2.12 bits per heavy atom. The minimum absolute atomic E-state index is 0.0459. The number of nitrogens with zero attached hydrogens (tertiary/aromatic N) is 3. The fraction of sp³-hybridized carbons (Fsp3) is 0.200. The molecule has 0 saturated heterocycles. The van der Waals surface area contributed by atoms with E-state index in [0.717, 1.165) is 17.7 Å². The van der Waals surface area contributed by atoms with Crippen LogP contribution in [0.25, 0.3) is 0 Å². The number of urea groups is 1. The highest BCUT2D eigenvalue weighted by Gasteiger charge is 2.34. The van der Waals surface area contributed by atoms with Crippen LogP contribution in [0.5, 0.6) is 0 Å². The first-order chi connectivity index (χ1) is 15.7. The molecule has 0 aliphatic rings. The lowest BCUT2D eigenvalue weighted by Crippen LogP contribution is -2.40. The highest BCUT2D eigenvalue weighted by molar-refractivity contribution is 6.11. The van der Waals surface area contributed by atoms with Crippen molar-refractivity contribution in [2.75, 3.05) is 28.3 Å². The van der Waals surface area contributed by atoms with Gasteiger partial charge in [-0.25, -0.2) is 4.79 Å². The molecule has 3 amide bonds. The van der Waals surface area contributed by atoms with Crippen LogP contribution >= 0.6 is 0 Å². The molecule has 172 valence electrons. The molecular formula is C25H24F3N3O2. The first-order valence-corrected chi connectivity index (χ1v) is 10.3. The summed E-state index contributed by atoms with van der Waals surface area (Å²) in [5.74, 6) is 0. The molecular weight excluding hydrogens is 431 g/mol. The van der Waals surface area contributed by atoms with Crippen molar-refractivity contribution in [3.05, 3.63) is 83.9 Å². The molecule has 3 aromatic carbocycles. The molecule has 0 radical (unpaired) electrons. The highest BCUT2D eigenvalue weighted by Crippen LogP contribution is 2.40. The van der Waals surface area contributed by atoms with Crippen LogP contribution in [-0.2, 0) is 11.0 Å². The third-order valence-electron chi connectivity index (χ3n) is 5.29. The summed E-state index contributed by atoms with van der Waals surface area (Å²) in [6, 6.07) is 18.0. The summed E-state index contributed by atoms with van der Waals surface area (Å²) in [5.41, 5.74) is 1.03. The fourth-order valence-corrected chi connectivity index (χ4v) is 3.55. The average Bonchev–Trinajstić information content (AvgIpc) is 2.80. The first kappa shape index (κ1) is 23.8. The van der Waals surface area contributed by atoms with Crippen molar-refractivity contribution in [3.63, 3.8) is 0 Å². The Morgan fingerprint density at radius 2 is 1.55 bits per heavy atom. The lowest BCUT2D eigenvalue weighted by molar-refractivity contribution is -0.137. The standard InChI is InChI=1S/C25H24F3N3O2/c1-4-30(17-32)22-15-14-19(25(26,27)28)16-23(22)31(20-11-6-5-7-12-20)24(33)29(3)21-13-9-8-10-18(21)2/h5-17H,4H2,1-3H3. The fourth-order valence-electron chi connectivity index (χ4n) is 3.55. The van der Waals surface area contributed by atoms with E-state index in [4.69, 9.17) is 0 Å². The van der Waals surface area contributed by atoms with Crippen molar-refractivity contribution in [2.45, 2.75) is 20.0 Å². The summed E-state index contributed by atoms with van der Waals surface area (Å²) in [6.07, 6.45) is -4.09. The van der Waals surface area contributed by atoms with Crippen LogP contribution in [0.4, 0.5) is 40.7 Å². The maximum absolute atomic E-state index is 13.8. The molecule has 0 N–H and O–H groups in total. The van der Waals surface area contributed by atoms with Crippen LogP contribution in [-0.4, -0.2) is 26.0 Å². The summed E-state index contributed by atoms with van der Waals surface area (Å²) in [5, 5.41) is 0. The quantitative estimate of drug-likeness (QED) is 0.404. The van der Waals surface area contributed by atoms with Crippen LogP contribution in [0.15, 0.2) is 72.8 Å². The number of halogens is 3. The number of aryl methyl sites for hydroxylation is 1. The zero-order valence-electron chi connectivity index (χ0n) is 18.5. The number of para-hydroxylation sites is 2. The average molecular weight is 455 g/mol. The van der Waals surface area contributed by atoms with E-state index in [0.29, 0.717) is 17.8 Å². The summed E-state index contributed by atoms with van der Waals surface area (Å²) in [4.78, 5) is 29.3. The number of anilines is 4. The molecule has 0 aromatic heterocycles. The molecule has 5 nitrogen and oxygen atoms in total. The van der Waals surface area contributed by atoms with E-state index in [1.54, 1.807) is 56.4 Å². The number of rotatable bonds is 6. The van der Waals surface area contributed by atoms with Gasteiger partial charge in [0.25, 0.3) is 0 Å². The molecule has 3 rings (SSSR count). The van der Waals surface area contributed by atoms with Crippen molar-refractivity contribution in [1.29, 1.82) is 0 Å². The SMILES string of the molecule is CCN(C=O)c1ccc(C(F)(F)F)cc1N(C(=O)N(C)c1ccccc1C)c1ccccc1. The van der Waals surface area contributed by atoms with E-state index in [1.165, 1.54) is 20.8 Å². The van der Waals surface area contributed by atoms with E-state index in [1.807, 2.05) is 19.1 Å². The topological polar surface area (TPSA) is 43.9 Å². The van der Waals surface area contributed by atoms with Crippen LogP contribution in [0.3, 0.4) is 0 Å². The van der Waals surface area contributed by atoms with Gasteiger partial charge in [-0.3, -0.25) is 14.6 Å². The van der Waals surface area contributed by atoms with E-state index in [9.17, 15) is 22.8 Å². The van der Waals surface area contributed by atoms with Gasteiger partial charge in [-0.1, -0.05) is 36.4 Å². The van der Waals surface area contributed by atoms with Crippen molar-refractivity contribution in [3.8, 4) is 0 Å². The molecule has 0 heterocycles. The van der Waals surface area contributed by atoms with Crippen LogP contribution in [0, 0.1) is 6.92 Å². The smallest absolute Gasteiger partial charge is 0.313 e. The van der Waals surface area contributed by atoms with Crippen molar-refractivity contribution in [2.24, 2.45) is 0 Å². The Balaban J connectivity index is 2.26. The van der Waals surface area contributed by atoms with Gasteiger partial charge < -0.3 is 4.90 Å². The molecule has 0 bridgehead atoms. The zero-order valence-corrected chi connectivity index (χ0v) is 18.5. The maximum Gasteiger partial charge on any atom is 0.416 e. The molecule has 0 unspecified atom stereocenters. The van der Waals surface area contributed by atoms with Gasteiger partial charge in [0.15, 0.2) is 0 Å². The number of carbonyl (C=O) groups excluding carboxylic acids is 2. The van der Waals surface area contributed by atoms with E-state index < -0.39 is 17.8 Å². The largest absolute Gasteiger partial charge is 0.416 e. The second-order valence-corrected chi connectivity index (χ2v) is 7.39. The Labute approximate surface area is 190 Å². The number of hydrogen-bond acceptors (Lipinski definition) is 2. The van der Waals surface area contributed by atoms with Gasteiger partial charge in [0.1, 0.15) is 0 Å². The molecule has 0 fully saturated rings. The highest BCUT2D eigenvalue weighted by atomic mass is 19.4. The van der Waals surface area contributed by atoms with Crippen LogP contribution < -0.4 is 14.7 Å². The zero-order chi connectivity index (χ0) is 24.2. The normalized spacial score (nSPS) is 11.1. The van der Waals surface area contributed by atoms with Gasteiger partial charge in [-0.2, -0.15) is 13.2 Å². The Bertz CT molecular complexity index is 1130. The predicted molar refractivity (Wildman–Crippen MR) is 124 cm³/mol. The van der Waals surface area contributed by atoms with Gasteiger partial charge in [0, 0.05) is 19.3 Å². The molecule has 0 atom stereocenters. The summed E-state index contributed by atoms with van der Waals surface area (Å²) < 4.78 is 40.8. The molecule has 3 aromatic rings. The molecule has 0 saturated carbocycles. The number of alkyl halides is 3. The van der Waals surface area contributed by atoms with Gasteiger partial charge in [-0.05, 0) is 55.8 Å². The summed E-state index contributed by atoms with van der Waals surface area (Å²) >= 11 is 0. The third kappa shape index (κ3) is 5.00. The van der Waals surface area contributed by atoms with E-state index in [-0.39, 0.29) is 17.9 Å². The number of amides is 3. The van der Waals surface area contributed by atoms with Gasteiger partial charge in [0.05, 0.1) is 22.6 Å². The minimum Gasteiger partial charge on any atom is -0.313 e. The third-order valence-corrected chi connectivity index (χ3v) is 5.29. The van der Waals surface area contributed by atoms with Crippen molar-refractivity contribution in [1.82, 2.24) is 0 Å².